The molecule has 168 valence electrons. The number of carbonyl (C=O) groups excluding carboxylic acids is 1. The normalized spacial score (nSPS) is 15.9. The van der Waals surface area contributed by atoms with Gasteiger partial charge in [0.2, 0.25) is 0 Å². The van der Waals surface area contributed by atoms with Gasteiger partial charge in [-0.25, -0.2) is 9.79 Å². The summed E-state index contributed by atoms with van der Waals surface area (Å²) in [7, 11) is 0. The summed E-state index contributed by atoms with van der Waals surface area (Å²) < 4.78 is 2.02. The number of amides is 1. The number of thioether (sulfide) groups is 1. The molecule has 2 N–H and O–H groups in total. The fourth-order valence-corrected chi connectivity index (χ4v) is 4.78. The van der Waals surface area contributed by atoms with Gasteiger partial charge >= 0.3 is 5.97 Å². The van der Waals surface area contributed by atoms with Crippen molar-refractivity contribution in [2.75, 3.05) is 0 Å². The molecule has 0 radical (unpaired) electrons. The molecular formula is C26H25N3O3S. The Morgan fingerprint density at radius 3 is 2.55 bits per heavy atom. The van der Waals surface area contributed by atoms with E-state index in [1.165, 1.54) is 17.3 Å². The highest BCUT2D eigenvalue weighted by Crippen LogP contribution is 2.31. The first-order chi connectivity index (χ1) is 15.8. The standard InChI is InChI=1S/C26H25N3O3S/c1-5-18-9-11-20(12-10-18)27-26-28-24(30)23(33-26)14-19-13-15(2)29(17(19)4)22-8-6-7-21(16(22)3)25(31)32/h6-14H,5H2,1-4H3,(H,31,32)(H,27,28,30)/b23-14-. The first kappa shape index (κ1) is 22.6. The van der Waals surface area contributed by atoms with Crippen LogP contribution in [0.2, 0.25) is 0 Å². The Morgan fingerprint density at radius 1 is 1.15 bits per heavy atom. The molecule has 1 amide bonds. The van der Waals surface area contributed by atoms with E-state index in [9.17, 15) is 14.7 Å². The Balaban J connectivity index is 1.65. The van der Waals surface area contributed by atoms with Crippen molar-refractivity contribution in [3.8, 4) is 5.69 Å². The van der Waals surface area contributed by atoms with Gasteiger partial charge in [0.15, 0.2) is 5.17 Å². The molecule has 3 aromatic rings. The van der Waals surface area contributed by atoms with E-state index in [4.69, 9.17) is 0 Å². The van der Waals surface area contributed by atoms with Crippen LogP contribution in [0, 0.1) is 20.8 Å². The number of carbonyl (C=O) groups is 2. The first-order valence-electron chi connectivity index (χ1n) is 10.7. The molecule has 0 aliphatic carbocycles. The van der Waals surface area contributed by atoms with Crippen LogP contribution in [0.3, 0.4) is 0 Å². The van der Waals surface area contributed by atoms with Crippen LogP contribution in [-0.2, 0) is 11.2 Å². The van der Waals surface area contributed by atoms with E-state index in [0.717, 1.165) is 34.7 Å². The fourth-order valence-electron chi connectivity index (χ4n) is 3.95. The zero-order valence-electron chi connectivity index (χ0n) is 19.0. The lowest BCUT2D eigenvalue weighted by molar-refractivity contribution is -0.115. The number of carboxylic acids is 1. The molecule has 0 bridgehead atoms. The molecule has 1 saturated heterocycles. The maximum Gasteiger partial charge on any atom is 0.336 e. The van der Waals surface area contributed by atoms with E-state index in [2.05, 4.69) is 17.2 Å². The third-order valence-corrected chi connectivity index (χ3v) is 6.67. The fraction of sp³-hybridized carbons (Fsp3) is 0.192. The Labute approximate surface area is 197 Å². The summed E-state index contributed by atoms with van der Waals surface area (Å²) in [5.41, 5.74) is 6.61. The number of rotatable bonds is 5. The predicted octanol–water partition coefficient (Wildman–Crippen LogP) is 5.55. The number of hydrogen-bond acceptors (Lipinski definition) is 4. The van der Waals surface area contributed by atoms with Crippen LogP contribution >= 0.6 is 11.8 Å². The molecule has 33 heavy (non-hydrogen) atoms. The van der Waals surface area contributed by atoms with Crippen molar-refractivity contribution < 1.29 is 14.7 Å². The SMILES string of the molecule is CCc1ccc(N=C2NC(=O)/C(=C/c3cc(C)n(-c4cccc(C(=O)O)c4C)c3C)S2)cc1. The molecule has 0 saturated carbocycles. The van der Waals surface area contributed by atoms with Gasteiger partial charge < -0.3 is 15.0 Å². The number of hydrogen-bond donors (Lipinski definition) is 2. The topological polar surface area (TPSA) is 83.7 Å². The number of aromatic carboxylic acids is 1. The quantitative estimate of drug-likeness (QED) is 0.490. The number of carboxylic acid groups (broad SMARTS) is 1. The van der Waals surface area contributed by atoms with Gasteiger partial charge in [-0.05, 0) is 92.1 Å². The maximum atomic E-state index is 12.6. The molecule has 1 aromatic heterocycles. The highest BCUT2D eigenvalue weighted by molar-refractivity contribution is 8.18. The van der Waals surface area contributed by atoms with Crippen molar-refractivity contribution in [1.82, 2.24) is 9.88 Å². The zero-order valence-corrected chi connectivity index (χ0v) is 19.8. The summed E-state index contributed by atoms with van der Waals surface area (Å²) in [5, 5.41) is 12.9. The Morgan fingerprint density at radius 2 is 1.88 bits per heavy atom. The molecule has 0 spiro atoms. The van der Waals surface area contributed by atoms with Crippen LogP contribution < -0.4 is 5.32 Å². The van der Waals surface area contributed by atoms with Crippen molar-refractivity contribution in [2.45, 2.75) is 34.1 Å². The maximum absolute atomic E-state index is 12.6. The summed E-state index contributed by atoms with van der Waals surface area (Å²) in [6.45, 7) is 7.85. The van der Waals surface area contributed by atoms with E-state index in [1.54, 1.807) is 12.1 Å². The lowest BCUT2D eigenvalue weighted by Gasteiger charge is -2.14. The summed E-state index contributed by atoms with van der Waals surface area (Å²) >= 11 is 1.31. The van der Waals surface area contributed by atoms with Crippen LogP contribution in [-0.4, -0.2) is 26.7 Å². The van der Waals surface area contributed by atoms with Crippen molar-refractivity contribution in [1.29, 1.82) is 0 Å². The third kappa shape index (κ3) is 4.50. The van der Waals surface area contributed by atoms with E-state index in [1.807, 2.05) is 67.8 Å². The monoisotopic (exact) mass is 459 g/mol. The second-order valence-corrected chi connectivity index (χ2v) is 8.95. The average molecular weight is 460 g/mol. The number of nitrogens with one attached hydrogen (secondary N) is 1. The van der Waals surface area contributed by atoms with Gasteiger partial charge in [-0.3, -0.25) is 4.79 Å². The van der Waals surface area contributed by atoms with Crippen LogP contribution in [0.5, 0.6) is 0 Å². The van der Waals surface area contributed by atoms with E-state index >= 15 is 0 Å². The van der Waals surface area contributed by atoms with Gasteiger partial charge in [-0.2, -0.15) is 0 Å². The number of aryl methyl sites for hydroxylation is 2. The van der Waals surface area contributed by atoms with Crippen molar-refractivity contribution >= 4 is 40.6 Å². The predicted molar refractivity (Wildman–Crippen MR) is 134 cm³/mol. The first-order valence-corrected chi connectivity index (χ1v) is 11.5. The molecular weight excluding hydrogens is 434 g/mol. The van der Waals surface area contributed by atoms with Gasteiger partial charge in [-0.1, -0.05) is 25.1 Å². The largest absolute Gasteiger partial charge is 0.478 e. The van der Waals surface area contributed by atoms with Gasteiger partial charge in [0.25, 0.3) is 5.91 Å². The molecule has 2 heterocycles. The van der Waals surface area contributed by atoms with Crippen LogP contribution in [0.4, 0.5) is 5.69 Å². The highest BCUT2D eigenvalue weighted by atomic mass is 32.2. The molecule has 0 unspecified atom stereocenters. The number of amidine groups is 1. The molecule has 1 aliphatic rings. The van der Waals surface area contributed by atoms with Gasteiger partial charge in [-0.15, -0.1) is 0 Å². The van der Waals surface area contributed by atoms with Crippen molar-refractivity contribution in [3.63, 3.8) is 0 Å². The second-order valence-electron chi connectivity index (χ2n) is 7.92. The smallest absolute Gasteiger partial charge is 0.336 e. The van der Waals surface area contributed by atoms with Gasteiger partial charge in [0, 0.05) is 17.1 Å². The Bertz CT molecular complexity index is 1320. The van der Waals surface area contributed by atoms with E-state index in [0.29, 0.717) is 15.6 Å². The molecule has 2 aromatic carbocycles. The highest BCUT2D eigenvalue weighted by Gasteiger charge is 2.25. The minimum atomic E-state index is -0.950. The van der Waals surface area contributed by atoms with Gasteiger partial charge in [0.05, 0.1) is 16.2 Å². The number of benzene rings is 2. The van der Waals surface area contributed by atoms with E-state index in [-0.39, 0.29) is 11.5 Å². The summed E-state index contributed by atoms with van der Waals surface area (Å²) in [5.74, 6) is -1.13. The molecule has 6 nitrogen and oxygen atoms in total. The minimum absolute atomic E-state index is 0.183. The van der Waals surface area contributed by atoms with Gasteiger partial charge in [0.1, 0.15) is 0 Å². The molecule has 7 heteroatoms. The Kier molecular flexibility index (Phi) is 6.24. The van der Waals surface area contributed by atoms with Crippen LogP contribution in [0.1, 0.15) is 45.4 Å². The van der Waals surface area contributed by atoms with Crippen LogP contribution in [0.25, 0.3) is 11.8 Å². The number of aromatic nitrogens is 1. The second kappa shape index (κ2) is 9.11. The molecule has 4 rings (SSSR count). The number of nitrogens with zero attached hydrogens (tertiary/aromatic N) is 2. The molecule has 0 atom stereocenters. The lowest BCUT2D eigenvalue weighted by Crippen LogP contribution is -2.19. The summed E-state index contributed by atoms with van der Waals surface area (Å²) in [6.07, 6.45) is 2.83. The molecule has 1 aliphatic heterocycles. The van der Waals surface area contributed by atoms with E-state index < -0.39 is 5.97 Å². The average Bonchev–Trinajstić information content (AvgIpc) is 3.26. The van der Waals surface area contributed by atoms with Crippen LogP contribution in [0.15, 0.2) is 58.4 Å². The molecule has 1 fully saturated rings. The zero-order chi connectivity index (χ0) is 23.7. The summed E-state index contributed by atoms with van der Waals surface area (Å²) in [4.78, 5) is 29.3. The minimum Gasteiger partial charge on any atom is -0.478 e. The lowest BCUT2D eigenvalue weighted by atomic mass is 10.1. The Hall–Kier alpha value is -3.58. The summed E-state index contributed by atoms with van der Waals surface area (Å²) in [6, 6.07) is 15.2. The van der Waals surface area contributed by atoms with Crippen molar-refractivity contribution in [3.05, 3.63) is 87.1 Å². The third-order valence-electron chi connectivity index (χ3n) is 5.76. The number of aliphatic imine (C=N–C) groups is 1. The van der Waals surface area contributed by atoms with Crippen molar-refractivity contribution in [2.24, 2.45) is 4.99 Å².